The summed E-state index contributed by atoms with van der Waals surface area (Å²) in [7, 11) is 0. The fourth-order valence-electron chi connectivity index (χ4n) is 3.83. The van der Waals surface area contributed by atoms with E-state index >= 15 is 0 Å². The van der Waals surface area contributed by atoms with Gasteiger partial charge in [-0.3, -0.25) is 4.90 Å². The summed E-state index contributed by atoms with van der Waals surface area (Å²) in [4.78, 5) is 17.1. The molecule has 26 heavy (non-hydrogen) atoms. The largest absolute Gasteiger partial charge is 0.476 e. The predicted octanol–water partition coefficient (Wildman–Crippen LogP) is 2.73. The summed E-state index contributed by atoms with van der Waals surface area (Å²) in [5.74, 6) is 0.841. The normalized spacial score (nSPS) is 23.8. The molecular weight excluding hydrogens is 330 g/mol. The molecule has 0 radical (unpaired) electrons. The predicted molar refractivity (Wildman–Crippen MR) is 97.1 cm³/mol. The number of oxazole rings is 1. The summed E-state index contributed by atoms with van der Waals surface area (Å²) in [6.07, 6.45) is 4.77. The smallest absolute Gasteiger partial charge is 0.357 e. The summed E-state index contributed by atoms with van der Waals surface area (Å²) in [6, 6.07) is 11.4. The number of hydrogen-bond acceptors (Lipinski definition) is 5. The second-order valence-electron chi connectivity index (χ2n) is 7.42. The van der Waals surface area contributed by atoms with Gasteiger partial charge < -0.3 is 14.8 Å². The molecule has 6 heteroatoms. The van der Waals surface area contributed by atoms with E-state index in [9.17, 15) is 4.79 Å². The number of nitrogens with zero attached hydrogens (tertiary/aromatic N) is 2. The first-order valence-corrected chi connectivity index (χ1v) is 9.37. The monoisotopic (exact) mass is 355 g/mol. The van der Waals surface area contributed by atoms with E-state index in [4.69, 9.17) is 9.52 Å². The van der Waals surface area contributed by atoms with Gasteiger partial charge in [-0.15, -0.1) is 0 Å². The molecule has 2 aliphatic rings. The fourth-order valence-corrected chi connectivity index (χ4v) is 3.83. The molecule has 1 aromatic heterocycles. The minimum atomic E-state index is -1.04. The first-order valence-electron chi connectivity index (χ1n) is 9.37. The Morgan fingerprint density at radius 1 is 1.27 bits per heavy atom. The molecule has 4 rings (SSSR count). The van der Waals surface area contributed by atoms with Gasteiger partial charge in [0.15, 0.2) is 5.69 Å². The topological polar surface area (TPSA) is 78.6 Å². The van der Waals surface area contributed by atoms with Gasteiger partial charge in [-0.2, -0.15) is 0 Å². The summed E-state index contributed by atoms with van der Waals surface area (Å²) >= 11 is 0. The Morgan fingerprint density at radius 2 is 2.04 bits per heavy atom. The number of aromatic carboxylic acids is 1. The maximum atomic E-state index is 10.9. The van der Waals surface area contributed by atoms with E-state index in [1.807, 2.05) is 0 Å². The van der Waals surface area contributed by atoms with E-state index < -0.39 is 5.97 Å². The highest BCUT2D eigenvalue weighted by Gasteiger charge is 2.38. The molecule has 2 aromatic rings. The van der Waals surface area contributed by atoms with Crippen LogP contribution >= 0.6 is 0 Å². The van der Waals surface area contributed by atoms with Gasteiger partial charge in [0.05, 0.1) is 6.54 Å². The maximum absolute atomic E-state index is 10.9. The maximum Gasteiger partial charge on any atom is 0.357 e. The zero-order chi connectivity index (χ0) is 17.9. The summed E-state index contributed by atoms with van der Waals surface area (Å²) in [5.41, 5.74) is 1.43. The van der Waals surface area contributed by atoms with Crippen LogP contribution in [0.4, 0.5) is 0 Å². The number of likely N-dealkylation sites (tertiary alicyclic amines) is 1. The highest BCUT2D eigenvalue weighted by Crippen LogP contribution is 2.40. The van der Waals surface area contributed by atoms with Crippen molar-refractivity contribution in [1.29, 1.82) is 0 Å². The molecule has 0 amide bonds. The van der Waals surface area contributed by atoms with E-state index in [-0.39, 0.29) is 5.69 Å². The Hall–Kier alpha value is -2.18. The van der Waals surface area contributed by atoms with Crippen molar-refractivity contribution in [1.82, 2.24) is 15.2 Å². The van der Waals surface area contributed by atoms with Crippen LogP contribution in [0.5, 0.6) is 0 Å². The van der Waals surface area contributed by atoms with Crippen molar-refractivity contribution in [2.45, 2.75) is 37.8 Å². The lowest BCUT2D eigenvalue weighted by Crippen LogP contribution is -2.37. The van der Waals surface area contributed by atoms with Crippen LogP contribution in [0.2, 0.25) is 0 Å². The van der Waals surface area contributed by atoms with Crippen molar-refractivity contribution in [2.24, 2.45) is 5.92 Å². The Labute approximate surface area is 153 Å². The number of benzene rings is 1. The number of carboxylic acids is 1. The Bertz CT molecular complexity index is 738. The van der Waals surface area contributed by atoms with Gasteiger partial charge in [-0.25, -0.2) is 9.78 Å². The van der Waals surface area contributed by atoms with E-state index in [0.29, 0.717) is 30.3 Å². The molecule has 0 bridgehead atoms. The van der Waals surface area contributed by atoms with E-state index in [1.54, 1.807) is 0 Å². The molecule has 2 atom stereocenters. The van der Waals surface area contributed by atoms with Crippen LogP contribution in [0.15, 0.2) is 41.0 Å². The first kappa shape index (κ1) is 17.2. The van der Waals surface area contributed by atoms with Gasteiger partial charge in [0.2, 0.25) is 5.89 Å². The van der Waals surface area contributed by atoms with Crippen molar-refractivity contribution in [2.75, 3.05) is 19.6 Å². The highest BCUT2D eigenvalue weighted by molar-refractivity contribution is 5.84. The van der Waals surface area contributed by atoms with Crippen LogP contribution in [0.3, 0.4) is 0 Å². The molecule has 1 saturated heterocycles. The minimum absolute atomic E-state index is 0.0171. The number of rotatable bonds is 7. The van der Waals surface area contributed by atoms with Crippen LogP contribution in [0.25, 0.3) is 0 Å². The van der Waals surface area contributed by atoms with Crippen molar-refractivity contribution in [3.8, 4) is 0 Å². The number of aromatic nitrogens is 1. The van der Waals surface area contributed by atoms with Crippen LogP contribution < -0.4 is 5.32 Å². The molecule has 1 aliphatic heterocycles. The quantitative estimate of drug-likeness (QED) is 0.795. The molecule has 138 valence electrons. The van der Waals surface area contributed by atoms with Gasteiger partial charge in [-0.1, -0.05) is 30.3 Å². The van der Waals surface area contributed by atoms with E-state index in [2.05, 4.69) is 45.5 Å². The summed E-state index contributed by atoms with van der Waals surface area (Å²) < 4.78 is 5.25. The average molecular weight is 355 g/mol. The Kier molecular flexibility index (Phi) is 5.04. The SMILES string of the molecule is O=C(O)c1coc(CN2CCC(CN[C@H]3CC3c3ccccc3)CC2)n1. The van der Waals surface area contributed by atoms with Crippen molar-refractivity contribution < 1.29 is 14.3 Å². The van der Waals surface area contributed by atoms with Crippen molar-refractivity contribution in [3.05, 3.63) is 53.7 Å². The first-order chi connectivity index (χ1) is 12.7. The van der Waals surface area contributed by atoms with Crippen molar-refractivity contribution in [3.63, 3.8) is 0 Å². The number of piperidine rings is 1. The molecule has 2 fully saturated rings. The molecule has 1 aromatic carbocycles. The Morgan fingerprint density at radius 3 is 2.73 bits per heavy atom. The number of nitrogens with one attached hydrogen (secondary N) is 1. The van der Waals surface area contributed by atoms with E-state index in [1.165, 1.54) is 18.2 Å². The Balaban J connectivity index is 1.17. The molecule has 2 heterocycles. The molecule has 1 saturated carbocycles. The van der Waals surface area contributed by atoms with Crippen LogP contribution in [0, 0.1) is 5.92 Å². The van der Waals surface area contributed by atoms with Gasteiger partial charge >= 0.3 is 5.97 Å². The number of carboxylic acid groups (broad SMARTS) is 1. The van der Waals surface area contributed by atoms with Crippen molar-refractivity contribution >= 4 is 5.97 Å². The molecule has 1 aliphatic carbocycles. The third kappa shape index (κ3) is 4.14. The highest BCUT2D eigenvalue weighted by atomic mass is 16.4. The van der Waals surface area contributed by atoms with Crippen LogP contribution in [0.1, 0.15) is 47.1 Å². The van der Waals surface area contributed by atoms with E-state index in [0.717, 1.165) is 32.5 Å². The summed E-state index contributed by atoms with van der Waals surface area (Å²) in [5, 5.41) is 12.6. The van der Waals surface area contributed by atoms with Gasteiger partial charge in [0.1, 0.15) is 6.26 Å². The van der Waals surface area contributed by atoms with Crippen LogP contribution in [-0.2, 0) is 6.54 Å². The third-order valence-electron chi connectivity index (χ3n) is 5.52. The lowest BCUT2D eigenvalue weighted by molar-refractivity contribution is 0.0690. The average Bonchev–Trinajstić information content (AvgIpc) is 3.30. The number of carbonyl (C=O) groups is 1. The van der Waals surface area contributed by atoms with Gasteiger partial charge in [0.25, 0.3) is 0 Å². The van der Waals surface area contributed by atoms with Crippen LogP contribution in [-0.4, -0.2) is 46.6 Å². The molecule has 2 N–H and O–H groups in total. The molecule has 0 spiro atoms. The van der Waals surface area contributed by atoms with Gasteiger partial charge in [-0.05, 0) is 50.4 Å². The molecular formula is C20H25N3O3. The fraction of sp³-hybridized carbons (Fsp3) is 0.500. The lowest BCUT2D eigenvalue weighted by Gasteiger charge is -2.31. The lowest BCUT2D eigenvalue weighted by atomic mass is 9.96. The molecule has 6 nitrogen and oxygen atoms in total. The molecule has 1 unspecified atom stereocenters. The number of hydrogen-bond donors (Lipinski definition) is 2. The summed E-state index contributed by atoms with van der Waals surface area (Å²) in [6.45, 7) is 3.68. The van der Waals surface area contributed by atoms with Gasteiger partial charge in [0, 0.05) is 12.0 Å². The third-order valence-corrected chi connectivity index (χ3v) is 5.52. The standard InChI is InChI=1S/C20H25N3O3/c24-20(25)18-13-26-19(22-18)12-23-8-6-14(7-9-23)11-21-17-10-16(17)15-4-2-1-3-5-15/h1-5,13-14,16-17,21H,6-12H2,(H,24,25)/t16?,17-/m0/s1. The zero-order valence-electron chi connectivity index (χ0n) is 14.8. The second kappa shape index (κ2) is 7.60. The minimum Gasteiger partial charge on any atom is -0.476 e. The second-order valence-corrected chi connectivity index (χ2v) is 7.42. The zero-order valence-corrected chi connectivity index (χ0v) is 14.8.